The topological polar surface area (TPSA) is 31.4 Å². The summed E-state index contributed by atoms with van der Waals surface area (Å²) in [5.41, 5.74) is 9.02. The summed E-state index contributed by atoms with van der Waals surface area (Å²) in [6, 6.07) is 10.6. The van der Waals surface area contributed by atoms with Crippen LogP contribution in [0.25, 0.3) is 0 Å². The first-order chi connectivity index (χ1) is 16.2. The SMILES string of the molecule is Cc1cc(C(c2cc(C)cc(C(C)(C)C)c2OCl)c2nccc(C)c2C)c(OCl)c(C(C)(C)C)c1. The standard InChI is InChI=1S/C30H37Cl2NO2/c1-17-13-21(27(34-31)23(15-17)29(5,6)7)25(26-20(4)19(3)11-12-33-26)22-14-18(2)16-24(28(22)35-32)30(8,9)10/h11-16,25H,1-10H3. The van der Waals surface area contributed by atoms with Crippen molar-refractivity contribution in [2.75, 3.05) is 0 Å². The van der Waals surface area contributed by atoms with Gasteiger partial charge in [-0.3, -0.25) is 4.98 Å². The van der Waals surface area contributed by atoms with Gasteiger partial charge in [0.1, 0.15) is 23.7 Å². The lowest BCUT2D eigenvalue weighted by Crippen LogP contribution is -2.18. The second-order valence-corrected chi connectivity index (χ2v) is 12.0. The fourth-order valence-corrected chi connectivity index (χ4v) is 5.07. The van der Waals surface area contributed by atoms with Gasteiger partial charge in [-0.15, -0.1) is 0 Å². The second kappa shape index (κ2) is 10.0. The average molecular weight is 515 g/mol. The third kappa shape index (κ3) is 5.47. The number of aromatic nitrogens is 1. The number of aryl methyl sites for hydroxylation is 3. The lowest BCUT2D eigenvalue weighted by atomic mass is 9.76. The molecule has 0 unspecified atom stereocenters. The van der Waals surface area contributed by atoms with E-state index in [-0.39, 0.29) is 16.7 Å². The molecule has 0 atom stereocenters. The number of pyridine rings is 1. The van der Waals surface area contributed by atoms with Crippen LogP contribution in [-0.4, -0.2) is 4.98 Å². The molecule has 2 aromatic carbocycles. The molecule has 3 nitrogen and oxygen atoms in total. The van der Waals surface area contributed by atoms with E-state index in [2.05, 4.69) is 93.5 Å². The van der Waals surface area contributed by atoms with Crippen LogP contribution in [-0.2, 0) is 10.8 Å². The molecule has 0 bridgehead atoms. The molecular weight excluding hydrogens is 477 g/mol. The first-order valence-corrected chi connectivity index (χ1v) is 12.6. The Morgan fingerprint density at radius 3 is 1.51 bits per heavy atom. The Hall–Kier alpha value is -2.23. The van der Waals surface area contributed by atoms with Gasteiger partial charge in [0.25, 0.3) is 0 Å². The highest BCUT2D eigenvalue weighted by Crippen LogP contribution is 2.48. The van der Waals surface area contributed by atoms with Crippen LogP contribution in [0.3, 0.4) is 0 Å². The molecule has 0 radical (unpaired) electrons. The molecule has 0 aliphatic rings. The number of halogens is 2. The number of nitrogens with zero attached hydrogens (tertiary/aromatic N) is 1. The van der Waals surface area contributed by atoms with E-state index in [4.69, 9.17) is 37.3 Å². The third-order valence-corrected chi connectivity index (χ3v) is 7.01. The zero-order valence-electron chi connectivity index (χ0n) is 22.6. The van der Waals surface area contributed by atoms with Crippen molar-refractivity contribution in [3.05, 3.63) is 86.7 Å². The highest BCUT2D eigenvalue weighted by Gasteiger charge is 2.34. The van der Waals surface area contributed by atoms with Gasteiger partial charge in [-0.25, -0.2) is 0 Å². The normalized spacial score (nSPS) is 12.3. The van der Waals surface area contributed by atoms with Gasteiger partial charge in [0.2, 0.25) is 0 Å². The summed E-state index contributed by atoms with van der Waals surface area (Å²) in [5, 5.41) is 0. The van der Waals surface area contributed by atoms with Crippen molar-refractivity contribution in [2.24, 2.45) is 0 Å². The summed E-state index contributed by atoms with van der Waals surface area (Å²) in [7, 11) is 0. The van der Waals surface area contributed by atoms with E-state index >= 15 is 0 Å². The molecule has 188 valence electrons. The Morgan fingerprint density at radius 2 is 1.14 bits per heavy atom. The monoisotopic (exact) mass is 513 g/mol. The first kappa shape index (κ1) is 27.4. The van der Waals surface area contributed by atoms with Crippen molar-refractivity contribution in [1.29, 1.82) is 0 Å². The maximum atomic E-state index is 6.22. The molecule has 3 rings (SSSR count). The van der Waals surface area contributed by atoms with Crippen LogP contribution in [0.5, 0.6) is 11.5 Å². The molecule has 1 heterocycles. The summed E-state index contributed by atoms with van der Waals surface area (Å²) in [5.74, 6) is 0.994. The fraction of sp³-hybridized carbons (Fsp3) is 0.433. The Kier molecular flexibility index (Phi) is 7.84. The average Bonchev–Trinajstić information content (AvgIpc) is 2.75. The van der Waals surface area contributed by atoms with Crippen LogP contribution < -0.4 is 8.58 Å². The smallest absolute Gasteiger partial charge is 0.154 e. The summed E-state index contributed by atoms with van der Waals surface area (Å²) in [6.45, 7) is 21.4. The zero-order valence-corrected chi connectivity index (χ0v) is 24.1. The maximum absolute atomic E-state index is 6.22. The molecule has 1 aromatic heterocycles. The van der Waals surface area contributed by atoms with Crippen molar-refractivity contribution in [3.63, 3.8) is 0 Å². The molecule has 0 spiro atoms. The predicted octanol–water partition coefficient (Wildman–Crippen LogP) is 9.16. The summed E-state index contributed by atoms with van der Waals surface area (Å²) in [4.78, 5) is 4.89. The zero-order chi connectivity index (χ0) is 26.3. The number of rotatable bonds is 5. The second-order valence-electron chi connectivity index (χ2n) is 11.7. The van der Waals surface area contributed by atoms with Gasteiger partial charge < -0.3 is 8.58 Å². The summed E-state index contributed by atoms with van der Waals surface area (Å²) in [6.07, 6.45) is 1.86. The largest absolute Gasteiger partial charge is 0.385 e. The lowest BCUT2D eigenvalue weighted by Gasteiger charge is -2.30. The molecule has 0 fully saturated rings. The minimum atomic E-state index is -0.306. The van der Waals surface area contributed by atoms with Crippen LogP contribution in [0.1, 0.15) is 97.7 Å². The van der Waals surface area contributed by atoms with Crippen molar-refractivity contribution >= 4 is 23.7 Å². The van der Waals surface area contributed by atoms with Crippen LogP contribution in [0.2, 0.25) is 0 Å². The Balaban J connectivity index is 2.55. The van der Waals surface area contributed by atoms with E-state index in [0.717, 1.165) is 50.2 Å². The molecule has 0 amide bonds. The van der Waals surface area contributed by atoms with Gasteiger partial charge in [-0.05, 0) is 55.7 Å². The van der Waals surface area contributed by atoms with Crippen LogP contribution in [0, 0.1) is 27.7 Å². The van der Waals surface area contributed by atoms with Gasteiger partial charge >= 0.3 is 0 Å². The van der Waals surface area contributed by atoms with Gasteiger partial charge in [0.05, 0.1) is 11.6 Å². The van der Waals surface area contributed by atoms with Crippen molar-refractivity contribution < 1.29 is 8.58 Å². The van der Waals surface area contributed by atoms with Crippen LogP contribution >= 0.6 is 23.7 Å². The van der Waals surface area contributed by atoms with Crippen LogP contribution in [0.15, 0.2) is 36.5 Å². The number of hydrogen-bond acceptors (Lipinski definition) is 3. The predicted molar refractivity (Wildman–Crippen MR) is 147 cm³/mol. The van der Waals surface area contributed by atoms with Crippen molar-refractivity contribution in [3.8, 4) is 11.5 Å². The molecule has 0 aliphatic heterocycles. The van der Waals surface area contributed by atoms with E-state index in [9.17, 15) is 0 Å². The van der Waals surface area contributed by atoms with Crippen molar-refractivity contribution in [2.45, 2.75) is 86.0 Å². The Morgan fingerprint density at radius 1 is 0.714 bits per heavy atom. The molecule has 0 saturated heterocycles. The Labute approximate surface area is 221 Å². The lowest BCUT2D eigenvalue weighted by molar-refractivity contribution is 0.521. The van der Waals surface area contributed by atoms with E-state index < -0.39 is 0 Å². The minimum absolute atomic E-state index is 0.181. The van der Waals surface area contributed by atoms with Crippen molar-refractivity contribution in [1.82, 2.24) is 4.98 Å². The number of benzene rings is 2. The molecular formula is C30H37Cl2NO2. The Bertz CT molecular complexity index is 1170. The van der Waals surface area contributed by atoms with Gasteiger partial charge in [0.15, 0.2) is 11.5 Å². The molecule has 0 N–H and O–H groups in total. The van der Waals surface area contributed by atoms with E-state index in [0.29, 0.717) is 11.5 Å². The first-order valence-electron chi connectivity index (χ1n) is 12.0. The van der Waals surface area contributed by atoms with Gasteiger partial charge in [0, 0.05) is 28.5 Å². The van der Waals surface area contributed by atoms with E-state index in [1.807, 2.05) is 12.3 Å². The quantitative estimate of drug-likeness (QED) is 0.340. The molecule has 5 heteroatoms. The summed E-state index contributed by atoms with van der Waals surface area (Å²) < 4.78 is 11.2. The third-order valence-electron chi connectivity index (χ3n) is 6.70. The van der Waals surface area contributed by atoms with E-state index in [1.54, 1.807) is 0 Å². The van der Waals surface area contributed by atoms with E-state index in [1.165, 1.54) is 0 Å². The molecule has 0 saturated carbocycles. The summed E-state index contributed by atoms with van der Waals surface area (Å²) >= 11 is 12.4. The number of hydrogen-bond donors (Lipinski definition) is 0. The van der Waals surface area contributed by atoms with Crippen LogP contribution in [0.4, 0.5) is 0 Å². The fourth-order valence-electron chi connectivity index (χ4n) is 4.72. The minimum Gasteiger partial charge on any atom is -0.385 e. The molecule has 35 heavy (non-hydrogen) atoms. The highest BCUT2D eigenvalue weighted by molar-refractivity contribution is 6.09. The molecule has 3 aromatic rings. The maximum Gasteiger partial charge on any atom is 0.154 e. The molecule has 0 aliphatic carbocycles. The highest BCUT2D eigenvalue weighted by atomic mass is 35.5. The van der Waals surface area contributed by atoms with Gasteiger partial charge in [-0.2, -0.15) is 0 Å². The van der Waals surface area contributed by atoms with Gasteiger partial charge in [-0.1, -0.05) is 76.9 Å².